The van der Waals surface area contributed by atoms with Crippen molar-refractivity contribution in [1.29, 1.82) is 0 Å². The molecule has 0 fully saturated rings. The largest absolute Gasteiger partial charge is 0.332 e. The van der Waals surface area contributed by atoms with Crippen LogP contribution in [0.2, 0.25) is 0 Å². The van der Waals surface area contributed by atoms with E-state index in [1.54, 1.807) is 11.3 Å². The minimum absolute atomic E-state index is 0.405. The topological polar surface area (TPSA) is 70.1 Å². The molecule has 2 N–H and O–H groups in total. The van der Waals surface area contributed by atoms with Crippen LogP contribution >= 0.6 is 11.3 Å². The van der Waals surface area contributed by atoms with Gasteiger partial charge in [0.05, 0.1) is 5.69 Å². The highest BCUT2D eigenvalue weighted by Crippen LogP contribution is 2.37. The maximum Gasteiger partial charge on any atom is 0.332 e. The van der Waals surface area contributed by atoms with Gasteiger partial charge in [0, 0.05) is 32.9 Å². The Balaban J connectivity index is 1.63. The zero-order valence-electron chi connectivity index (χ0n) is 19.4. The zero-order valence-corrected chi connectivity index (χ0v) is 20.2. The van der Waals surface area contributed by atoms with Crippen LogP contribution in [0, 0.1) is 6.92 Å². The molecule has 0 bridgehead atoms. The van der Waals surface area contributed by atoms with Gasteiger partial charge in [-0.25, -0.2) is 4.79 Å². The highest BCUT2D eigenvalue weighted by atomic mass is 32.1. The van der Waals surface area contributed by atoms with Gasteiger partial charge in [-0.1, -0.05) is 24.3 Å². The van der Waals surface area contributed by atoms with Crippen LogP contribution in [0.4, 0.5) is 0 Å². The second kappa shape index (κ2) is 9.02. The van der Waals surface area contributed by atoms with Crippen LogP contribution in [0.15, 0.2) is 75.1 Å². The lowest BCUT2D eigenvalue weighted by Crippen LogP contribution is -2.31. The van der Waals surface area contributed by atoms with Crippen molar-refractivity contribution in [2.75, 3.05) is 20.6 Å². The molecular weight excluding hydrogens is 444 g/mol. The molecule has 2 aromatic heterocycles. The third-order valence-corrected chi connectivity index (χ3v) is 6.93. The lowest BCUT2D eigenvalue weighted by molar-refractivity contribution is 0.309. The molecule has 0 saturated carbocycles. The second-order valence-electron chi connectivity index (χ2n) is 8.69. The Morgan fingerprint density at radius 1 is 1.03 bits per heavy atom. The lowest BCUT2D eigenvalue weighted by Gasteiger charge is -2.17. The molecule has 1 aliphatic carbocycles. The molecule has 0 amide bonds. The number of rotatable bonds is 6. The minimum Gasteiger partial charge on any atom is -0.274 e. The standard InChI is InChI=1S/C27H26N4O2S/c1-17-24(19-6-7-23-18(12-19)4-5-20(23)15-28-30(2)3)13-22(14-25(17)21-9-11-34-16-21)31-10-8-26(32)29-27(31)33/h5-14,16,28H,4,15H2,1-3H3,(H,29,32,33). The number of nitrogens with one attached hydrogen (secondary N) is 2. The quantitative estimate of drug-likeness (QED) is 0.414. The SMILES string of the molecule is Cc1c(-c2ccsc2)cc(-n2ccc(=O)[nH]c2=O)cc1-c1ccc2c(c1)CC=C2CNN(C)C. The van der Waals surface area contributed by atoms with E-state index in [0.29, 0.717) is 0 Å². The first-order valence-electron chi connectivity index (χ1n) is 11.1. The van der Waals surface area contributed by atoms with E-state index in [1.165, 1.54) is 33.5 Å². The molecule has 0 unspecified atom stereocenters. The van der Waals surface area contributed by atoms with E-state index in [2.05, 4.69) is 58.4 Å². The molecule has 2 heterocycles. The number of hydrogen-bond donors (Lipinski definition) is 2. The Hall–Kier alpha value is -3.52. The summed E-state index contributed by atoms with van der Waals surface area (Å²) in [6.07, 6.45) is 4.72. The number of allylic oxidation sites excluding steroid dienone is 1. The van der Waals surface area contributed by atoms with Crippen molar-refractivity contribution in [3.8, 4) is 27.9 Å². The van der Waals surface area contributed by atoms with Crippen molar-refractivity contribution in [2.24, 2.45) is 0 Å². The summed E-state index contributed by atoms with van der Waals surface area (Å²) in [7, 11) is 3.99. The predicted octanol–water partition coefficient (Wildman–Crippen LogP) is 4.24. The first kappa shape index (κ1) is 22.3. The summed E-state index contributed by atoms with van der Waals surface area (Å²) in [4.78, 5) is 26.5. The van der Waals surface area contributed by atoms with Crippen molar-refractivity contribution in [1.82, 2.24) is 20.0 Å². The summed E-state index contributed by atoms with van der Waals surface area (Å²) in [6.45, 7) is 2.92. The van der Waals surface area contributed by atoms with Crippen LogP contribution in [-0.2, 0) is 6.42 Å². The number of aromatic nitrogens is 2. The molecule has 2 aromatic carbocycles. The van der Waals surface area contributed by atoms with Gasteiger partial charge in [-0.05, 0) is 86.8 Å². The summed E-state index contributed by atoms with van der Waals surface area (Å²) in [6, 6.07) is 14.1. The van der Waals surface area contributed by atoms with Gasteiger partial charge in [-0.3, -0.25) is 24.8 Å². The highest BCUT2D eigenvalue weighted by Gasteiger charge is 2.18. The van der Waals surface area contributed by atoms with Crippen molar-refractivity contribution >= 4 is 16.9 Å². The minimum atomic E-state index is -0.449. The van der Waals surface area contributed by atoms with Crippen LogP contribution in [0.3, 0.4) is 0 Å². The fraction of sp³-hybridized carbons (Fsp3) is 0.185. The molecule has 0 atom stereocenters. The number of nitrogens with zero attached hydrogens (tertiary/aromatic N) is 2. The number of hydrazine groups is 1. The van der Waals surface area contributed by atoms with Crippen LogP contribution in [-0.4, -0.2) is 35.2 Å². The van der Waals surface area contributed by atoms with Crippen molar-refractivity contribution in [3.05, 3.63) is 103 Å². The van der Waals surface area contributed by atoms with Crippen molar-refractivity contribution in [2.45, 2.75) is 13.3 Å². The molecule has 0 spiro atoms. The number of aromatic amines is 1. The van der Waals surface area contributed by atoms with E-state index in [1.807, 2.05) is 31.2 Å². The predicted molar refractivity (Wildman–Crippen MR) is 140 cm³/mol. The van der Waals surface area contributed by atoms with Gasteiger partial charge in [0.1, 0.15) is 0 Å². The third-order valence-electron chi connectivity index (χ3n) is 6.24. The Morgan fingerprint density at radius 2 is 1.82 bits per heavy atom. The first-order chi connectivity index (χ1) is 16.4. The van der Waals surface area contributed by atoms with Gasteiger partial charge >= 0.3 is 5.69 Å². The van der Waals surface area contributed by atoms with Gasteiger partial charge in [0.2, 0.25) is 0 Å². The summed E-state index contributed by atoms with van der Waals surface area (Å²) in [5, 5.41) is 6.13. The summed E-state index contributed by atoms with van der Waals surface area (Å²) in [5.74, 6) is 0. The van der Waals surface area contributed by atoms with Gasteiger partial charge in [0.25, 0.3) is 5.56 Å². The normalized spacial score (nSPS) is 12.8. The van der Waals surface area contributed by atoms with Crippen LogP contribution < -0.4 is 16.7 Å². The summed E-state index contributed by atoms with van der Waals surface area (Å²) < 4.78 is 1.49. The third kappa shape index (κ3) is 4.21. The molecule has 4 aromatic rings. The fourth-order valence-electron chi connectivity index (χ4n) is 4.47. The molecular formula is C27H26N4O2S. The number of fused-ring (bicyclic) bond motifs is 1. The lowest BCUT2D eigenvalue weighted by atomic mass is 9.91. The van der Waals surface area contributed by atoms with Gasteiger partial charge in [-0.15, -0.1) is 0 Å². The Kier molecular flexibility index (Phi) is 5.91. The molecule has 7 heteroatoms. The molecule has 172 valence electrons. The summed E-state index contributed by atoms with van der Waals surface area (Å²) in [5.41, 5.74) is 12.6. The van der Waals surface area contributed by atoms with Crippen molar-refractivity contribution < 1.29 is 0 Å². The maximum absolute atomic E-state index is 12.6. The van der Waals surface area contributed by atoms with Gasteiger partial charge < -0.3 is 0 Å². The molecule has 0 radical (unpaired) electrons. The Morgan fingerprint density at radius 3 is 2.53 bits per heavy atom. The first-order valence-corrected chi connectivity index (χ1v) is 12.1. The monoisotopic (exact) mass is 470 g/mol. The molecule has 34 heavy (non-hydrogen) atoms. The molecule has 5 rings (SSSR count). The number of H-pyrrole nitrogens is 1. The number of benzene rings is 2. The van der Waals surface area contributed by atoms with E-state index < -0.39 is 11.2 Å². The average Bonchev–Trinajstić information content (AvgIpc) is 3.48. The number of hydrogen-bond acceptors (Lipinski definition) is 5. The van der Waals surface area contributed by atoms with Crippen LogP contribution in [0.1, 0.15) is 16.7 Å². The molecule has 6 nitrogen and oxygen atoms in total. The Labute approximate surface area is 201 Å². The molecule has 0 aliphatic heterocycles. The van der Waals surface area contributed by atoms with E-state index in [-0.39, 0.29) is 0 Å². The van der Waals surface area contributed by atoms with Crippen LogP contribution in [0.5, 0.6) is 0 Å². The van der Waals surface area contributed by atoms with E-state index in [9.17, 15) is 9.59 Å². The fourth-order valence-corrected chi connectivity index (χ4v) is 5.13. The van der Waals surface area contributed by atoms with Gasteiger partial charge in [0.15, 0.2) is 0 Å². The van der Waals surface area contributed by atoms with E-state index in [0.717, 1.165) is 46.5 Å². The Bertz CT molecular complexity index is 1510. The van der Waals surface area contributed by atoms with Gasteiger partial charge in [-0.2, -0.15) is 11.3 Å². The average molecular weight is 471 g/mol. The van der Waals surface area contributed by atoms with E-state index in [4.69, 9.17) is 0 Å². The molecule has 0 saturated heterocycles. The highest BCUT2D eigenvalue weighted by molar-refractivity contribution is 7.08. The van der Waals surface area contributed by atoms with E-state index >= 15 is 0 Å². The zero-order chi connectivity index (χ0) is 23.8. The smallest absolute Gasteiger partial charge is 0.274 e. The van der Waals surface area contributed by atoms with Crippen LogP contribution in [0.25, 0.3) is 33.5 Å². The number of thiophene rings is 1. The second-order valence-corrected chi connectivity index (χ2v) is 9.47. The molecule has 1 aliphatic rings. The van der Waals surface area contributed by atoms with Crippen molar-refractivity contribution in [3.63, 3.8) is 0 Å². The summed E-state index contributed by atoms with van der Waals surface area (Å²) >= 11 is 1.64. The maximum atomic E-state index is 12.6.